The highest BCUT2D eigenvalue weighted by molar-refractivity contribution is 6.03. The number of anilines is 1. The molecule has 32 heavy (non-hydrogen) atoms. The highest BCUT2D eigenvalue weighted by Gasteiger charge is 2.34. The molecule has 0 unspecified atom stereocenters. The van der Waals surface area contributed by atoms with E-state index in [9.17, 15) is 27.6 Å². The maximum atomic E-state index is 13.4. The maximum absolute atomic E-state index is 13.4. The van der Waals surface area contributed by atoms with Crippen molar-refractivity contribution in [2.45, 2.75) is 20.0 Å². The first kappa shape index (κ1) is 22.7. The van der Waals surface area contributed by atoms with E-state index < -0.39 is 34.7 Å². The number of rotatable bonds is 5. The van der Waals surface area contributed by atoms with Gasteiger partial charge in [0.15, 0.2) is 5.69 Å². The minimum Gasteiger partial charge on any atom is -0.462 e. The molecule has 0 spiro atoms. The average molecular weight is 445 g/mol. The van der Waals surface area contributed by atoms with Crippen LogP contribution in [0.25, 0.3) is 5.69 Å². The van der Waals surface area contributed by atoms with Gasteiger partial charge in [-0.1, -0.05) is 18.2 Å². The van der Waals surface area contributed by atoms with Crippen LogP contribution >= 0.6 is 0 Å². The summed E-state index contributed by atoms with van der Waals surface area (Å²) in [5.41, 5.74) is -2.17. The first-order valence-electron chi connectivity index (χ1n) is 9.48. The van der Waals surface area contributed by atoms with E-state index in [1.54, 1.807) is 6.92 Å². The molecule has 0 aliphatic carbocycles. The zero-order valence-corrected chi connectivity index (χ0v) is 17.1. The fourth-order valence-electron chi connectivity index (χ4n) is 2.98. The minimum atomic E-state index is -4.66. The summed E-state index contributed by atoms with van der Waals surface area (Å²) in [6.45, 7) is 3.22. The smallest absolute Gasteiger partial charge is 0.418 e. The summed E-state index contributed by atoms with van der Waals surface area (Å²) >= 11 is 0. The quantitative estimate of drug-likeness (QED) is 0.600. The van der Waals surface area contributed by atoms with Crippen LogP contribution in [0.15, 0.2) is 59.4 Å². The van der Waals surface area contributed by atoms with Crippen molar-refractivity contribution in [3.8, 4) is 5.69 Å². The van der Waals surface area contributed by atoms with Crippen LogP contribution in [0, 0.1) is 6.92 Å². The van der Waals surface area contributed by atoms with Crippen LogP contribution in [0.1, 0.15) is 39.0 Å². The molecule has 1 amide bonds. The lowest BCUT2D eigenvalue weighted by Crippen LogP contribution is -2.27. The zero-order valence-electron chi connectivity index (χ0n) is 17.1. The van der Waals surface area contributed by atoms with Crippen LogP contribution in [0.4, 0.5) is 18.9 Å². The minimum absolute atomic E-state index is 0.118. The van der Waals surface area contributed by atoms with Crippen LogP contribution in [0.3, 0.4) is 0 Å². The largest absolute Gasteiger partial charge is 0.462 e. The van der Waals surface area contributed by atoms with Gasteiger partial charge >= 0.3 is 12.1 Å². The summed E-state index contributed by atoms with van der Waals surface area (Å²) in [7, 11) is 0. The maximum Gasteiger partial charge on any atom is 0.418 e. The molecular formula is C22H18F3N3O4. The number of hydrogen-bond acceptors (Lipinski definition) is 5. The van der Waals surface area contributed by atoms with E-state index in [2.05, 4.69) is 10.4 Å². The normalized spacial score (nSPS) is 11.2. The Morgan fingerprint density at radius 1 is 1.09 bits per heavy atom. The summed E-state index contributed by atoms with van der Waals surface area (Å²) in [4.78, 5) is 36.9. The molecule has 2 aromatic carbocycles. The van der Waals surface area contributed by atoms with E-state index in [0.717, 1.165) is 16.8 Å². The van der Waals surface area contributed by atoms with Gasteiger partial charge in [0, 0.05) is 17.4 Å². The van der Waals surface area contributed by atoms with Crippen LogP contribution in [-0.4, -0.2) is 28.3 Å². The van der Waals surface area contributed by atoms with Gasteiger partial charge < -0.3 is 10.1 Å². The molecule has 3 rings (SSSR count). The third kappa shape index (κ3) is 4.85. The van der Waals surface area contributed by atoms with Gasteiger partial charge in [0.05, 0.1) is 23.4 Å². The third-order valence-electron chi connectivity index (χ3n) is 4.39. The molecular weight excluding hydrogens is 427 g/mol. The third-order valence-corrected chi connectivity index (χ3v) is 4.39. The molecule has 0 aliphatic heterocycles. The van der Waals surface area contributed by atoms with Gasteiger partial charge in [0.25, 0.3) is 5.91 Å². The van der Waals surface area contributed by atoms with E-state index >= 15 is 0 Å². The molecule has 3 aromatic rings. The van der Waals surface area contributed by atoms with Crippen LogP contribution in [0.2, 0.25) is 0 Å². The van der Waals surface area contributed by atoms with Gasteiger partial charge in [0.1, 0.15) is 0 Å². The number of aryl methyl sites for hydroxylation is 1. The molecule has 0 saturated carbocycles. The second kappa shape index (κ2) is 9.04. The molecule has 1 N–H and O–H groups in total. The number of para-hydroxylation sites is 1. The summed E-state index contributed by atoms with van der Waals surface area (Å²) < 4.78 is 46.1. The number of halogens is 3. The summed E-state index contributed by atoms with van der Waals surface area (Å²) in [6, 6.07) is 11.5. The highest BCUT2D eigenvalue weighted by Crippen LogP contribution is 2.33. The van der Waals surface area contributed by atoms with Crippen molar-refractivity contribution in [2.75, 3.05) is 11.9 Å². The van der Waals surface area contributed by atoms with E-state index in [4.69, 9.17) is 4.74 Å². The molecule has 0 aliphatic rings. The van der Waals surface area contributed by atoms with Crippen molar-refractivity contribution in [2.24, 2.45) is 0 Å². The molecule has 0 bridgehead atoms. The van der Waals surface area contributed by atoms with Crippen molar-refractivity contribution in [1.29, 1.82) is 0 Å². The number of hydrogen-bond donors (Lipinski definition) is 1. The SMILES string of the molecule is CCOC(=O)c1cccc(NC(=O)c2nn(-c3ccccc3C(F)(F)F)c(C)cc2=O)c1. The number of alkyl halides is 3. The molecule has 10 heteroatoms. The van der Waals surface area contributed by atoms with Crippen molar-refractivity contribution in [3.63, 3.8) is 0 Å². The van der Waals surface area contributed by atoms with Crippen molar-refractivity contribution in [1.82, 2.24) is 9.78 Å². The first-order chi connectivity index (χ1) is 15.1. The van der Waals surface area contributed by atoms with Crippen LogP contribution in [-0.2, 0) is 10.9 Å². The van der Waals surface area contributed by atoms with Crippen LogP contribution < -0.4 is 10.7 Å². The number of ether oxygens (including phenoxy) is 1. The Hall–Kier alpha value is -3.95. The second-order valence-electron chi connectivity index (χ2n) is 6.68. The highest BCUT2D eigenvalue weighted by atomic mass is 19.4. The van der Waals surface area contributed by atoms with Gasteiger partial charge in [-0.15, -0.1) is 0 Å². The Kier molecular flexibility index (Phi) is 6.42. The Bertz CT molecular complexity index is 1240. The van der Waals surface area contributed by atoms with Gasteiger partial charge in [-0.25, -0.2) is 9.48 Å². The van der Waals surface area contributed by atoms with Crippen LogP contribution in [0.5, 0.6) is 0 Å². The van der Waals surface area contributed by atoms with E-state index in [1.165, 1.54) is 49.4 Å². The Morgan fingerprint density at radius 2 is 1.81 bits per heavy atom. The number of amides is 1. The fraction of sp³-hybridized carbons (Fsp3) is 0.182. The standard InChI is InChI=1S/C22H18F3N3O4/c1-3-32-21(31)14-7-6-8-15(12-14)26-20(30)19-18(29)11-13(2)28(27-19)17-10-5-4-9-16(17)22(23,24)25/h4-12H,3H2,1-2H3,(H,26,30). The average Bonchev–Trinajstić information content (AvgIpc) is 2.73. The predicted molar refractivity (Wildman–Crippen MR) is 110 cm³/mol. The molecule has 1 aromatic heterocycles. The van der Waals surface area contributed by atoms with Crippen molar-refractivity contribution < 1.29 is 27.5 Å². The summed E-state index contributed by atoms with van der Waals surface area (Å²) in [5, 5.41) is 6.33. The number of esters is 1. The van der Waals surface area contributed by atoms with Crippen molar-refractivity contribution in [3.05, 3.63) is 87.3 Å². The Labute approximate surface area is 180 Å². The fourth-order valence-corrected chi connectivity index (χ4v) is 2.98. The molecule has 166 valence electrons. The number of nitrogens with zero attached hydrogens (tertiary/aromatic N) is 2. The van der Waals surface area contributed by atoms with Crippen molar-refractivity contribution >= 4 is 17.6 Å². The van der Waals surface area contributed by atoms with E-state index in [0.29, 0.717) is 0 Å². The van der Waals surface area contributed by atoms with E-state index in [1.807, 2.05) is 0 Å². The first-order valence-corrected chi connectivity index (χ1v) is 9.48. The molecule has 1 heterocycles. The summed E-state index contributed by atoms with van der Waals surface area (Å²) in [6.07, 6.45) is -4.66. The number of carbonyl (C=O) groups is 2. The topological polar surface area (TPSA) is 90.3 Å². The predicted octanol–water partition coefficient (Wildman–Crippen LogP) is 3.99. The number of carbonyl (C=O) groups excluding carboxylic acids is 2. The molecule has 0 saturated heterocycles. The number of nitrogens with one attached hydrogen (secondary N) is 1. The molecule has 0 radical (unpaired) electrons. The molecule has 7 nitrogen and oxygen atoms in total. The lowest BCUT2D eigenvalue weighted by molar-refractivity contribution is -0.137. The van der Waals surface area contributed by atoms with Gasteiger partial charge in [0.2, 0.25) is 5.43 Å². The molecule has 0 atom stereocenters. The Balaban J connectivity index is 1.99. The lowest BCUT2D eigenvalue weighted by Gasteiger charge is -2.16. The zero-order chi connectivity index (χ0) is 23.5. The monoisotopic (exact) mass is 445 g/mol. The van der Waals surface area contributed by atoms with Gasteiger partial charge in [-0.2, -0.15) is 18.3 Å². The summed E-state index contributed by atoms with van der Waals surface area (Å²) in [5.74, 6) is -1.53. The number of benzene rings is 2. The van der Waals surface area contributed by atoms with Gasteiger partial charge in [-0.05, 0) is 44.2 Å². The Morgan fingerprint density at radius 3 is 2.50 bits per heavy atom. The molecule has 0 fully saturated rings. The second-order valence-corrected chi connectivity index (χ2v) is 6.68. The lowest BCUT2D eigenvalue weighted by atomic mass is 10.1. The number of aromatic nitrogens is 2. The van der Waals surface area contributed by atoms with Gasteiger partial charge in [-0.3, -0.25) is 9.59 Å². The van der Waals surface area contributed by atoms with E-state index in [-0.39, 0.29) is 29.2 Å².